The summed E-state index contributed by atoms with van der Waals surface area (Å²) in [5.74, 6) is 0.293. The largest absolute Gasteiger partial charge is 0.426 e. The van der Waals surface area contributed by atoms with Crippen LogP contribution in [0.5, 0.6) is 5.75 Å². The van der Waals surface area contributed by atoms with E-state index in [1.807, 2.05) is 24.4 Å². The topological polar surface area (TPSA) is 42.1 Å². The predicted octanol–water partition coefficient (Wildman–Crippen LogP) is 2.82. The van der Waals surface area contributed by atoms with Gasteiger partial charge in [0, 0.05) is 24.0 Å². The Bertz CT molecular complexity index is 540. The molecule has 0 radical (unpaired) electrons. The molecule has 0 aliphatic carbocycles. The van der Waals surface area contributed by atoms with E-state index in [1.165, 1.54) is 6.92 Å². The number of aromatic amines is 1. The van der Waals surface area contributed by atoms with Gasteiger partial charge < -0.3 is 9.72 Å². The second kappa shape index (κ2) is 4.23. The van der Waals surface area contributed by atoms with Crippen LogP contribution in [0.25, 0.3) is 10.9 Å². The molecule has 0 saturated heterocycles. The first-order valence-corrected chi connectivity index (χ1v) is 5.10. The van der Waals surface area contributed by atoms with E-state index < -0.39 is 0 Å². The molecule has 0 unspecified atom stereocenters. The van der Waals surface area contributed by atoms with Crippen molar-refractivity contribution in [3.05, 3.63) is 42.6 Å². The number of ether oxygens (including phenoxy) is 1. The van der Waals surface area contributed by atoms with E-state index in [-0.39, 0.29) is 5.97 Å². The fraction of sp³-hybridized carbons (Fsp3) is 0.154. The standard InChI is InChI=1S/C13H13NO2/c1-3-5-10-8-14-11-6-4-7-12(13(10)11)16-9(2)15/h3-4,6-8,14H,1,5H2,2H3. The van der Waals surface area contributed by atoms with Gasteiger partial charge in [-0.1, -0.05) is 12.1 Å². The molecule has 0 saturated carbocycles. The molecular weight excluding hydrogens is 202 g/mol. The lowest BCUT2D eigenvalue weighted by Crippen LogP contribution is -2.01. The van der Waals surface area contributed by atoms with Crippen LogP contribution in [0.3, 0.4) is 0 Å². The van der Waals surface area contributed by atoms with E-state index in [1.54, 1.807) is 6.07 Å². The smallest absolute Gasteiger partial charge is 0.308 e. The maximum atomic E-state index is 11.0. The molecule has 82 valence electrons. The molecule has 1 aromatic heterocycles. The lowest BCUT2D eigenvalue weighted by atomic mass is 10.1. The van der Waals surface area contributed by atoms with Crippen LogP contribution < -0.4 is 4.74 Å². The van der Waals surface area contributed by atoms with E-state index in [0.717, 1.165) is 22.9 Å². The zero-order valence-electron chi connectivity index (χ0n) is 9.12. The summed E-state index contributed by atoms with van der Waals surface area (Å²) in [6.07, 6.45) is 4.49. The summed E-state index contributed by atoms with van der Waals surface area (Å²) >= 11 is 0. The molecule has 0 aliphatic heterocycles. The summed E-state index contributed by atoms with van der Waals surface area (Å²) in [5.41, 5.74) is 2.05. The molecule has 2 aromatic rings. The number of fused-ring (bicyclic) bond motifs is 1. The van der Waals surface area contributed by atoms with Gasteiger partial charge in [-0.15, -0.1) is 6.58 Å². The monoisotopic (exact) mass is 215 g/mol. The zero-order valence-corrected chi connectivity index (χ0v) is 9.12. The number of carbonyl (C=O) groups excluding carboxylic acids is 1. The average molecular weight is 215 g/mol. The molecule has 1 heterocycles. The van der Waals surface area contributed by atoms with E-state index >= 15 is 0 Å². The number of hydrogen-bond donors (Lipinski definition) is 1. The van der Waals surface area contributed by atoms with Crippen molar-refractivity contribution >= 4 is 16.9 Å². The fourth-order valence-electron chi connectivity index (χ4n) is 1.78. The lowest BCUT2D eigenvalue weighted by molar-refractivity contribution is -0.131. The second-order valence-electron chi connectivity index (χ2n) is 3.58. The van der Waals surface area contributed by atoms with E-state index in [2.05, 4.69) is 11.6 Å². The highest BCUT2D eigenvalue weighted by molar-refractivity contribution is 5.91. The Morgan fingerprint density at radius 1 is 1.56 bits per heavy atom. The van der Waals surface area contributed by atoms with Crippen LogP contribution in [0.2, 0.25) is 0 Å². The van der Waals surface area contributed by atoms with Gasteiger partial charge in [0.1, 0.15) is 5.75 Å². The van der Waals surface area contributed by atoms with Crippen LogP contribution in [0.1, 0.15) is 12.5 Å². The molecule has 0 spiro atoms. The maximum Gasteiger partial charge on any atom is 0.308 e. The van der Waals surface area contributed by atoms with Gasteiger partial charge in [0.2, 0.25) is 0 Å². The van der Waals surface area contributed by atoms with Crippen molar-refractivity contribution < 1.29 is 9.53 Å². The average Bonchev–Trinajstić information content (AvgIpc) is 2.62. The highest BCUT2D eigenvalue weighted by Gasteiger charge is 2.09. The van der Waals surface area contributed by atoms with Crippen LogP contribution >= 0.6 is 0 Å². The molecule has 0 aliphatic rings. The minimum Gasteiger partial charge on any atom is -0.426 e. The van der Waals surface area contributed by atoms with Crippen molar-refractivity contribution in [2.75, 3.05) is 0 Å². The van der Waals surface area contributed by atoms with Gasteiger partial charge >= 0.3 is 5.97 Å². The van der Waals surface area contributed by atoms with Crippen molar-refractivity contribution in [1.29, 1.82) is 0 Å². The third kappa shape index (κ3) is 1.84. The van der Waals surface area contributed by atoms with Gasteiger partial charge in [0.15, 0.2) is 0 Å². The van der Waals surface area contributed by atoms with Crippen LogP contribution in [0.15, 0.2) is 37.1 Å². The number of carbonyl (C=O) groups is 1. The molecule has 3 nitrogen and oxygen atoms in total. The van der Waals surface area contributed by atoms with Crippen LogP contribution in [-0.4, -0.2) is 11.0 Å². The molecule has 16 heavy (non-hydrogen) atoms. The minimum atomic E-state index is -0.307. The molecule has 0 bridgehead atoms. The number of H-pyrrole nitrogens is 1. The molecule has 3 heteroatoms. The molecule has 0 amide bonds. The molecular formula is C13H13NO2. The first kappa shape index (κ1) is 10.5. The molecule has 1 N–H and O–H groups in total. The SMILES string of the molecule is C=CCc1c[nH]c2cccc(OC(C)=O)c12. The van der Waals surface area contributed by atoms with Gasteiger partial charge in [-0.3, -0.25) is 4.79 Å². The van der Waals surface area contributed by atoms with Crippen molar-refractivity contribution in [1.82, 2.24) is 4.98 Å². The van der Waals surface area contributed by atoms with Gasteiger partial charge in [0.25, 0.3) is 0 Å². The highest BCUT2D eigenvalue weighted by atomic mass is 16.5. The number of allylic oxidation sites excluding steroid dienone is 1. The van der Waals surface area contributed by atoms with Gasteiger partial charge in [-0.2, -0.15) is 0 Å². The first-order valence-electron chi connectivity index (χ1n) is 5.10. The van der Waals surface area contributed by atoms with Crippen LogP contribution in [-0.2, 0) is 11.2 Å². The van der Waals surface area contributed by atoms with E-state index in [4.69, 9.17) is 4.74 Å². The Labute approximate surface area is 93.7 Å². The van der Waals surface area contributed by atoms with E-state index in [9.17, 15) is 4.79 Å². The summed E-state index contributed by atoms with van der Waals surface area (Å²) in [5, 5.41) is 0.956. The summed E-state index contributed by atoms with van der Waals surface area (Å²) < 4.78 is 5.18. The van der Waals surface area contributed by atoms with Crippen molar-refractivity contribution in [2.24, 2.45) is 0 Å². The van der Waals surface area contributed by atoms with Crippen molar-refractivity contribution in [2.45, 2.75) is 13.3 Å². The van der Waals surface area contributed by atoms with Crippen LogP contribution in [0.4, 0.5) is 0 Å². The highest BCUT2D eigenvalue weighted by Crippen LogP contribution is 2.29. The number of benzene rings is 1. The number of esters is 1. The predicted molar refractivity (Wildman–Crippen MR) is 63.5 cm³/mol. The maximum absolute atomic E-state index is 11.0. The number of nitrogens with one attached hydrogen (secondary N) is 1. The minimum absolute atomic E-state index is 0.307. The number of aromatic nitrogens is 1. The summed E-state index contributed by atoms with van der Waals surface area (Å²) in [6.45, 7) is 5.11. The normalized spacial score (nSPS) is 10.3. The summed E-state index contributed by atoms with van der Waals surface area (Å²) in [6, 6.07) is 5.61. The van der Waals surface area contributed by atoms with Crippen molar-refractivity contribution in [3.8, 4) is 5.75 Å². The van der Waals surface area contributed by atoms with Gasteiger partial charge in [0.05, 0.1) is 0 Å². The Hall–Kier alpha value is -2.03. The summed E-state index contributed by atoms with van der Waals surface area (Å²) in [7, 11) is 0. The van der Waals surface area contributed by atoms with Crippen molar-refractivity contribution in [3.63, 3.8) is 0 Å². The van der Waals surface area contributed by atoms with E-state index in [0.29, 0.717) is 5.75 Å². The number of rotatable bonds is 3. The third-order valence-corrected chi connectivity index (χ3v) is 2.37. The second-order valence-corrected chi connectivity index (χ2v) is 3.58. The number of hydrogen-bond acceptors (Lipinski definition) is 2. The third-order valence-electron chi connectivity index (χ3n) is 2.37. The van der Waals surface area contributed by atoms with Crippen LogP contribution in [0, 0.1) is 0 Å². The Morgan fingerprint density at radius 3 is 3.06 bits per heavy atom. The Morgan fingerprint density at radius 2 is 2.38 bits per heavy atom. The Kier molecular flexibility index (Phi) is 2.77. The summed E-state index contributed by atoms with van der Waals surface area (Å²) in [4.78, 5) is 14.1. The molecule has 1 aromatic carbocycles. The quantitative estimate of drug-likeness (QED) is 0.486. The first-order chi connectivity index (χ1) is 7.72. The van der Waals surface area contributed by atoms with Gasteiger partial charge in [-0.25, -0.2) is 0 Å². The Balaban J connectivity index is 2.58. The van der Waals surface area contributed by atoms with Gasteiger partial charge in [-0.05, 0) is 24.1 Å². The molecule has 2 rings (SSSR count). The lowest BCUT2D eigenvalue weighted by Gasteiger charge is -2.04. The zero-order chi connectivity index (χ0) is 11.5. The molecule has 0 atom stereocenters. The molecule has 0 fully saturated rings. The fourth-order valence-corrected chi connectivity index (χ4v) is 1.78.